The third-order valence-electron chi connectivity index (χ3n) is 4.45. The monoisotopic (exact) mass is 464 g/mol. The summed E-state index contributed by atoms with van der Waals surface area (Å²) in [6.07, 6.45) is 0.130. The van der Waals surface area contributed by atoms with Gasteiger partial charge in [0.25, 0.3) is 0 Å². The van der Waals surface area contributed by atoms with E-state index in [0.717, 1.165) is 0 Å². The predicted molar refractivity (Wildman–Crippen MR) is 124 cm³/mol. The number of aliphatic hydroxyl groups excluding tert-OH is 1. The van der Waals surface area contributed by atoms with Crippen molar-refractivity contribution in [1.82, 2.24) is 9.97 Å². The van der Waals surface area contributed by atoms with Crippen LogP contribution in [0.25, 0.3) is 0 Å². The summed E-state index contributed by atoms with van der Waals surface area (Å²) in [4.78, 5) is 9.87. The Morgan fingerprint density at radius 1 is 1.06 bits per heavy atom. The standard InChI is InChI=1S/C20H22Cl2N6O3/c1-28(16-9-15(24-10-25-16)26-12-7-5-4-6-11(12)23)20(29)27-19-17(21)13(30-2)8-14(31-3)18(19)22/h4-10,20,27,29H,23H2,1-3H3,(H,24,25,26). The molecule has 2 aromatic carbocycles. The topological polar surface area (TPSA) is 118 Å². The van der Waals surface area contributed by atoms with E-state index >= 15 is 0 Å². The highest BCUT2D eigenvalue weighted by atomic mass is 35.5. The number of nitrogens with zero attached hydrogens (tertiary/aromatic N) is 3. The van der Waals surface area contributed by atoms with E-state index in [0.29, 0.717) is 34.5 Å². The zero-order valence-corrected chi connectivity index (χ0v) is 18.6. The Balaban J connectivity index is 1.83. The van der Waals surface area contributed by atoms with Gasteiger partial charge in [-0.3, -0.25) is 0 Å². The molecule has 164 valence electrons. The molecule has 1 atom stereocenters. The van der Waals surface area contributed by atoms with Crippen LogP contribution in [0, 0.1) is 0 Å². The van der Waals surface area contributed by atoms with Crippen LogP contribution in [0.3, 0.4) is 0 Å². The molecular formula is C20H22Cl2N6O3. The van der Waals surface area contributed by atoms with Crippen LogP contribution >= 0.6 is 23.2 Å². The van der Waals surface area contributed by atoms with Crippen LogP contribution in [0.1, 0.15) is 0 Å². The average Bonchev–Trinajstić information content (AvgIpc) is 2.78. The van der Waals surface area contributed by atoms with E-state index in [1.165, 1.54) is 25.4 Å². The second-order valence-corrected chi connectivity index (χ2v) is 7.14. The minimum Gasteiger partial charge on any atom is -0.495 e. The highest BCUT2D eigenvalue weighted by Crippen LogP contribution is 2.44. The molecule has 0 fully saturated rings. The van der Waals surface area contributed by atoms with Crippen LogP contribution in [-0.2, 0) is 0 Å². The predicted octanol–water partition coefficient (Wildman–Crippen LogP) is 3.95. The quantitative estimate of drug-likeness (QED) is 0.290. The van der Waals surface area contributed by atoms with Gasteiger partial charge in [0.15, 0.2) is 0 Å². The number of ether oxygens (including phenoxy) is 2. The van der Waals surface area contributed by atoms with E-state index in [9.17, 15) is 5.11 Å². The molecule has 0 saturated heterocycles. The molecule has 0 amide bonds. The van der Waals surface area contributed by atoms with Crippen molar-refractivity contribution in [3.8, 4) is 11.5 Å². The lowest BCUT2D eigenvalue weighted by molar-refractivity contribution is 0.203. The minimum absolute atomic E-state index is 0.199. The van der Waals surface area contributed by atoms with E-state index in [-0.39, 0.29) is 15.7 Å². The fraction of sp³-hybridized carbons (Fsp3) is 0.200. The number of nitrogen functional groups attached to an aromatic ring is 1. The Hall–Kier alpha value is -3.14. The van der Waals surface area contributed by atoms with Crippen LogP contribution in [0.15, 0.2) is 42.7 Å². The van der Waals surface area contributed by atoms with Crippen molar-refractivity contribution in [1.29, 1.82) is 0 Å². The van der Waals surface area contributed by atoms with Crippen molar-refractivity contribution in [3.63, 3.8) is 0 Å². The normalized spacial score (nSPS) is 11.5. The Bertz CT molecular complexity index is 1040. The SMILES string of the molecule is COc1cc(OC)c(Cl)c(NC(O)N(C)c2cc(Nc3ccccc3N)ncn2)c1Cl. The van der Waals surface area contributed by atoms with Crippen LogP contribution in [0.2, 0.25) is 10.0 Å². The van der Waals surface area contributed by atoms with Gasteiger partial charge in [0.1, 0.15) is 39.5 Å². The molecule has 0 spiro atoms. The van der Waals surface area contributed by atoms with Gasteiger partial charge in [0, 0.05) is 19.2 Å². The van der Waals surface area contributed by atoms with E-state index in [2.05, 4.69) is 20.6 Å². The Labute approximate surface area is 189 Å². The molecule has 0 aliphatic carbocycles. The molecule has 0 radical (unpaired) electrons. The molecule has 9 nitrogen and oxygen atoms in total. The van der Waals surface area contributed by atoms with Crippen LogP contribution in [0.4, 0.5) is 28.7 Å². The maximum Gasteiger partial charge on any atom is 0.206 e. The maximum atomic E-state index is 10.7. The molecule has 3 aromatic rings. The largest absolute Gasteiger partial charge is 0.495 e. The summed E-state index contributed by atoms with van der Waals surface area (Å²) < 4.78 is 10.5. The average molecular weight is 465 g/mol. The molecule has 0 saturated carbocycles. The smallest absolute Gasteiger partial charge is 0.206 e. The first-order valence-electron chi connectivity index (χ1n) is 9.06. The molecule has 0 aliphatic rings. The van der Waals surface area contributed by atoms with Gasteiger partial charge >= 0.3 is 0 Å². The summed E-state index contributed by atoms with van der Waals surface area (Å²) in [5.74, 6) is 1.61. The fourth-order valence-corrected chi connectivity index (χ4v) is 3.33. The van der Waals surface area contributed by atoms with Crippen molar-refractivity contribution < 1.29 is 14.6 Å². The molecule has 1 unspecified atom stereocenters. The van der Waals surface area contributed by atoms with Crippen LogP contribution in [-0.4, -0.2) is 42.7 Å². The van der Waals surface area contributed by atoms with Crippen molar-refractivity contribution >= 4 is 51.9 Å². The molecule has 31 heavy (non-hydrogen) atoms. The molecular weight excluding hydrogens is 443 g/mol. The summed E-state index contributed by atoms with van der Waals surface area (Å²) in [5, 5.41) is 17.1. The first-order chi connectivity index (χ1) is 14.8. The minimum atomic E-state index is -1.24. The highest BCUT2D eigenvalue weighted by molar-refractivity contribution is 6.41. The van der Waals surface area contributed by atoms with E-state index in [1.807, 2.05) is 18.2 Å². The van der Waals surface area contributed by atoms with E-state index in [4.69, 9.17) is 38.4 Å². The van der Waals surface area contributed by atoms with Gasteiger partial charge in [-0.05, 0) is 12.1 Å². The number of hydrogen-bond acceptors (Lipinski definition) is 9. The van der Waals surface area contributed by atoms with Gasteiger partial charge in [-0.15, -0.1) is 0 Å². The molecule has 0 aliphatic heterocycles. The van der Waals surface area contributed by atoms with Gasteiger partial charge in [-0.2, -0.15) is 0 Å². The lowest BCUT2D eigenvalue weighted by Gasteiger charge is -2.27. The van der Waals surface area contributed by atoms with Crippen molar-refractivity contribution in [3.05, 3.63) is 52.8 Å². The van der Waals surface area contributed by atoms with E-state index in [1.54, 1.807) is 25.2 Å². The summed E-state index contributed by atoms with van der Waals surface area (Å²) in [6.45, 7) is 0. The number of nitrogens with two attached hydrogens (primary N) is 1. The molecule has 5 N–H and O–H groups in total. The van der Waals surface area contributed by atoms with Crippen molar-refractivity contribution in [2.75, 3.05) is 42.5 Å². The van der Waals surface area contributed by atoms with Gasteiger partial charge in [-0.1, -0.05) is 35.3 Å². The number of aromatic nitrogens is 2. The number of benzene rings is 2. The van der Waals surface area contributed by atoms with Gasteiger partial charge in [-0.25, -0.2) is 9.97 Å². The number of aliphatic hydroxyl groups is 1. The summed E-state index contributed by atoms with van der Waals surface area (Å²) in [6, 6.07) is 10.5. The van der Waals surface area contributed by atoms with Gasteiger partial charge in [0.2, 0.25) is 6.35 Å². The summed E-state index contributed by atoms with van der Waals surface area (Å²) in [5.41, 5.74) is 7.50. The fourth-order valence-electron chi connectivity index (χ4n) is 2.72. The van der Waals surface area contributed by atoms with Gasteiger partial charge < -0.3 is 35.8 Å². The molecule has 0 bridgehead atoms. The van der Waals surface area contributed by atoms with Crippen LogP contribution in [0.5, 0.6) is 11.5 Å². The Morgan fingerprint density at radius 3 is 2.32 bits per heavy atom. The number of rotatable bonds is 8. The van der Waals surface area contributed by atoms with Crippen molar-refractivity contribution in [2.24, 2.45) is 0 Å². The molecule has 3 rings (SSSR count). The number of methoxy groups -OCH3 is 2. The third kappa shape index (κ3) is 4.96. The van der Waals surface area contributed by atoms with Crippen molar-refractivity contribution in [2.45, 2.75) is 6.35 Å². The second-order valence-electron chi connectivity index (χ2n) is 6.39. The third-order valence-corrected chi connectivity index (χ3v) is 5.20. The maximum absolute atomic E-state index is 10.7. The molecule has 11 heteroatoms. The van der Waals surface area contributed by atoms with Crippen LogP contribution < -0.4 is 30.7 Å². The number of para-hydroxylation sites is 2. The number of nitrogens with one attached hydrogen (secondary N) is 2. The molecule has 1 aromatic heterocycles. The Morgan fingerprint density at radius 2 is 1.71 bits per heavy atom. The molecule has 1 heterocycles. The highest BCUT2D eigenvalue weighted by Gasteiger charge is 2.22. The first-order valence-corrected chi connectivity index (χ1v) is 9.82. The van der Waals surface area contributed by atoms with E-state index < -0.39 is 6.35 Å². The Kier molecular flexibility index (Phi) is 7.11. The zero-order valence-electron chi connectivity index (χ0n) is 17.1. The second kappa shape index (κ2) is 9.78. The number of hydrogen-bond donors (Lipinski definition) is 4. The summed E-state index contributed by atoms with van der Waals surface area (Å²) in [7, 11) is 4.57. The zero-order chi connectivity index (χ0) is 22.5. The lowest BCUT2D eigenvalue weighted by atomic mass is 10.2. The summed E-state index contributed by atoms with van der Waals surface area (Å²) >= 11 is 12.7. The van der Waals surface area contributed by atoms with Gasteiger partial charge in [0.05, 0.1) is 31.3 Å². The lowest BCUT2D eigenvalue weighted by Crippen LogP contribution is -2.38. The number of halogens is 2. The number of anilines is 5. The first kappa shape index (κ1) is 22.5.